The molecular formula is C10H17NOS. The third-order valence-corrected chi connectivity index (χ3v) is 2.70. The minimum Gasteiger partial charge on any atom is -0.396 e. The van der Waals surface area contributed by atoms with Crippen LogP contribution in [0.2, 0.25) is 0 Å². The van der Waals surface area contributed by atoms with E-state index in [-0.39, 0.29) is 6.61 Å². The van der Waals surface area contributed by atoms with Crippen LogP contribution in [0.25, 0.3) is 0 Å². The standard InChI is InChI=1S/C10H17NOS/c1-9(7-12)5-11(2)6-10-3-4-13-8-10/h3-4,8-9,12H,5-7H2,1-2H3. The highest BCUT2D eigenvalue weighted by atomic mass is 32.1. The van der Waals surface area contributed by atoms with E-state index >= 15 is 0 Å². The van der Waals surface area contributed by atoms with Gasteiger partial charge in [-0.25, -0.2) is 0 Å². The molecule has 0 bridgehead atoms. The first kappa shape index (κ1) is 10.7. The Kier molecular flexibility index (Phi) is 4.42. The van der Waals surface area contributed by atoms with Gasteiger partial charge in [0.05, 0.1) is 0 Å². The molecule has 13 heavy (non-hydrogen) atoms. The minimum absolute atomic E-state index is 0.272. The molecule has 0 aromatic carbocycles. The van der Waals surface area contributed by atoms with Crippen molar-refractivity contribution in [2.45, 2.75) is 13.5 Å². The van der Waals surface area contributed by atoms with Gasteiger partial charge < -0.3 is 10.0 Å². The Morgan fingerprint density at radius 2 is 2.38 bits per heavy atom. The van der Waals surface area contributed by atoms with Gasteiger partial charge in [-0.05, 0) is 35.4 Å². The quantitative estimate of drug-likeness (QED) is 0.782. The van der Waals surface area contributed by atoms with Crippen LogP contribution < -0.4 is 0 Å². The molecule has 0 amide bonds. The molecule has 3 heteroatoms. The summed E-state index contributed by atoms with van der Waals surface area (Å²) in [7, 11) is 2.09. The predicted molar refractivity (Wildman–Crippen MR) is 56.9 cm³/mol. The van der Waals surface area contributed by atoms with Gasteiger partial charge in [0.2, 0.25) is 0 Å². The maximum Gasteiger partial charge on any atom is 0.0468 e. The van der Waals surface area contributed by atoms with E-state index in [4.69, 9.17) is 5.11 Å². The highest BCUT2D eigenvalue weighted by Crippen LogP contribution is 2.09. The molecule has 74 valence electrons. The minimum atomic E-state index is 0.272. The number of nitrogens with zero attached hydrogens (tertiary/aromatic N) is 1. The van der Waals surface area contributed by atoms with Gasteiger partial charge in [-0.1, -0.05) is 6.92 Å². The molecule has 1 aromatic heterocycles. The number of aliphatic hydroxyl groups is 1. The fourth-order valence-corrected chi connectivity index (χ4v) is 2.01. The number of aliphatic hydroxyl groups excluding tert-OH is 1. The summed E-state index contributed by atoms with van der Waals surface area (Å²) >= 11 is 1.73. The summed E-state index contributed by atoms with van der Waals surface area (Å²) in [6.45, 7) is 4.26. The van der Waals surface area contributed by atoms with Gasteiger partial charge in [-0.2, -0.15) is 11.3 Å². The van der Waals surface area contributed by atoms with Crippen LogP contribution in [-0.4, -0.2) is 30.2 Å². The van der Waals surface area contributed by atoms with Crippen molar-refractivity contribution in [1.82, 2.24) is 4.90 Å². The summed E-state index contributed by atoms with van der Waals surface area (Å²) in [4.78, 5) is 2.24. The monoisotopic (exact) mass is 199 g/mol. The van der Waals surface area contributed by atoms with Gasteiger partial charge in [0.1, 0.15) is 0 Å². The smallest absolute Gasteiger partial charge is 0.0468 e. The topological polar surface area (TPSA) is 23.5 Å². The number of hydrogen-bond acceptors (Lipinski definition) is 3. The van der Waals surface area contributed by atoms with Gasteiger partial charge in [-0.15, -0.1) is 0 Å². The summed E-state index contributed by atoms with van der Waals surface area (Å²) < 4.78 is 0. The van der Waals surface area contributed by atoms with E-state index in [1.165, 1.54) is 5.56 Å². The van der Waals surface area contributed by atoms with Crippen LogP contribution in [0.5, 0.6) is 0 Å². The summed E-state index contributed by atoms with van der Waals surface area (Å²) in [6, 6.07) is 2.14. The predicted octanol–water partition coefficient (Wildman–Crippen LogP) is 1.81. The van der Waals surface area contributed by atoms with Gasteiger partial charge in [0.25, 0.3) is 0 Å². The highest BCUT2D eigenvalue weighted by Gasteiger charge is 2.05. The molecule has 1 atom stereocenters. The van der Waals surface area contributed by atoms with E-state index < -0.39 is 0 Å². The van der Waals surface area contributed by atoms with Crippen LogP contribution in [0, 0.1) is 5.92 Å². The van der Waals surface area contributed by atoms with Crippen molar-refractivity contribution in [2.75, 3.05) is 20.2 Å². The van der Waals surface area contributed by atoms with Gasteiger partial charge in [0.15, 0.2) is 0 Å². The molecule has 0 radical (unpaired) electrons. The zero-order chi connectivity index (χ0) is 9.68. The first-order valence-electron chi connectivity index (χ1n) is 4.53. The van der Waals surface area contributed by atoms with Gasteiger partial charge >= 0.3 is 0 Å². The maximum atomic E-state index is 8.89. The van der Waals surface area contributed by atoms with Crippen molar-refractivity contribution >= 4 is 11.3 Å². The Morgan fingerprint density at radius 1 is 1.62 bits per heavy atom. The van der Waals surface area contributed by atoms with Crippen molar-refractivity contribution < 1.29 is 5.11 Å². The van der Waals surface area contributed by atoms with Crippen LogP contribution in [0.4, 0.5) is 0 Å². The molecule has 1 heterocycles. The van der Waals surface area contributed by atoms with Crippen LogP contribution in [0.1, 0.15) is 12.5 Å². The molecule has 2 nitrogen and oxygen atoms in total. The second kappa shape index (κ2) is 5.37. The second-order valence-electron chi connectivity index (χ2n) is 3.62. The van der Waals surface area contributed by atoms with Crippen molar-refractivity contribution in [2.24, 2.45) is 5.92 Å². The Labute approximate surface area is 83.8 Å². The molecule has 0 aliphatic heterocycles. The number of thiophene rings is 1. The molecule has 0 saturated carbocycles. The summed E-state index contributed by atoms with van der Waals surface area (Å²) in [5, 5.41) is 13.1. The first-order chi connectivity index (χ1) is 6.22. The molecule has 1 N–H and O–H groups in total. The Hall–Kier alpha value is -0.380. The van der Waals surface area contributed by atoms with E-state index in [1.807, 2.05) is 0 Å². The lowest BCUT2D eigenvalue weighted by molar-refractivity contribution is 0.188. The fraction of sp³-hybridized carbons (Fsp3) is 0.600. The lowest BCUT2D eigenvalue weighted by atomic mass is 10.2. The molecule has 1 aromatic rings. The Morgan fingerprint density at radius 3 is 2.92 bits per heavy atom. The number of rotatable bonds is 5. The molecule has 0 aliphatic carbocycles. The second-order valence-corrected chi connectivity index (χ2v) is 4.40. The van der Waals surface area contributed by atoms with Crippen LogP contribution in [0.3, 0.4) is 0 Å². The lowest BCUT2D eigenvalue weighted by Crippen LogP contribution is -2.25. The third kappa shape index (κ3) is 3.89. The summed E-state index contributed by atoms with van der Waals surface area (Å²) in [5.74, 6) is 0.364. The lowest BCUT2D eigenvalue weighted by Gasteiger charge is -2.19. The molecule has 0 fully saturated rings. The molecular weight excluding hydrogens is 182 g/mol. The van der Waals surface area contributed by atoms with Crippen molar-refractivity contribution in [3.63, 3.8) is 0 Å². The van der Waals surface area contributed by atoms with E-state index in [9.17, 15) is 0 Å². The van der Waals surface area contributed by atoms with Crippen LogP contribution in [0.15, 0.2) is 16.8 Å². The zero-order valence-corrected chi connectivity index (χ0v) is 9.05. The van der Waals surface area contributed by atoms with E-state index in [0.29, 0.717) is 5.92 Å². The van der Waals surface area contributed by atoms with Crippen LogP contribution >= 0.6 is 11.3 Å². The van der Waals surface area contributed by atoms with Gasteiger partial charge in [-0.3, -0.25) is 0 Å². The Balaban J connectivity index is 2.29. The molecule has 1 rings (SSSR count). The van der Waals surface area contributed by atoms with Gasteiger partial charge in [0, 0.05) is 19.7 Å². The van der Waals surface area contributed by atoms with Crippen molar-refractivity contribution in [3.8, 4) is 0 Å². The zero-order valence-electron chi connectivity index (χ0n) is 8.23. The van der Waals surface area contributed by atoms with E-state index in [1.54, 1.807) is 11.3 Å². The molecule has 0 spiro atoms. The number of hydrogen-bond donors (Lipinski definition) is 1. The van der Waals surface area contributed by atoms with Crippen LogP contribution in [-0.2, 0) is 6.54 Å². The average Bonchev–Trinajstić information content (AvgIpc) is 2.56. The fourth-order valence-electron chi connectivity index (χ4n) is 1.35. The Bertz CT molecular complexity index is 223. The third-order valence-electron chi connectivity index (χ3n) is 1.97. The SMILES string of the molecule is CC(CO)CN(C)Cc1ccsc1. The molecule has 1 unspecified atom stereocenters. The summed E-state index contributed by atoms with van der Waals surface area (Å²) in [5.41, 5.74) is 1.36. The first-order valence-corrected chi connectivity index (χ1v) is 5.47. The largest absolute Gasteiger partial charge is 0.396 e. The van der Waals surface area contributed by atoms with E-state index in [0.717, 1.165) is 13.1 Å². The van der Waals surface area contributed by atoms with Crippen molar-refractivity contribution in [1.29, 1.82) is 0 Å². The average molecular weight is 199 g/mol. The van der Waals surface area contributed by atoms with E-state index in [2.05, 4.69) is 35.7 Å². The molecule has 0 saturated heterocycles. The highest BCUT2D eigenvalue weighted by molar-refractivity contribution is 7.07. The summed E-state index contributed by atoms with van der Waals surface area (Å²) in [6.07, 6.45) is 0. The molecule has 0 aliphatic rings. The normalized spacial score (nSPS) is 13.5. The van der Waals surface area contributed by atoms with Crippen molar-refractivity contribution in [3.05, 3.63) is 22.4 Å². The maximum absolute atomic E-state index is 8.89.